The van der Waals surface area contributed by atoms with E-state index in [0.717, 1.165) is 25.1 Å². The van der Waals surface area contributed by atoms with Crippen LogP contribution in [0.4, 0.5) is 10.5 Å². The number of carbonyl (C=O) groups excluding carboxylic acids is 2. The summed E-state index contributed by atoms with van der Waals surface area (Å²) >= 11 is 0. The molecule has 2 saturated heterocycles. The van der Waals surface area contributed by atoms with Gasteiger partial charge in [0, 0.05) is 44.5 Å². The third-order valence-corrected chi connectivity index (χ3v) is 5.93. The fraction of sp³-hybridized carbons (Fsp3) is 0.417. The molecule has 2 aromatic rings. The zero-order valence-electron chi connectivity index (χ0n) is 17.7. The van der Waals surface area contributed by atoms with E-state index in [4.69, 9.17) is 4.74 Å². The van der Waals surface area contributed by atoms with Crippen molar-refractivity contribution in [1.82, 2.24) is 15.5 Å². The summed E-state index contributed by atoms with van der Waals surface area (Å²) in [6.45, 7) is 4.25. The van der Waals surface area contributed by atoms with Gasteiger partial charge in [0.2, 0.25) is 5.91 Å². The minimum absolute atomic E-state index is 0.0333. The summed E-state index contributed by atoms with van der Waals surface area (Å²) in [6, 6.07) is 19.7. The number of anilines is 1. The molecule has 4 rings (SSSR count). The van der Waals surface area contributed by atoms with Crippen molar-refractivity contribution in [2.75, 3.05) is 50.8 Å². The van der Waals surface area contributed by atoms with Crippen LogP contribution >= 0.6 is 0 Å². The molecule has 0 aromatic heterocycles. The molecule has 2 fully saturated rings. The summed E-state index contributed by atoms with van der Waals surface area (Å²) < 4.78 is 5.37. The Morgan fingerprint density at radius 1 is 0.968 bits per heavy atom. The largest absolute Gasteiger partial charge is 0.378 e. The standard InChI is InChI=1S/C24H30N4O3/c29-23(27-13-15-31-16-14-27)22(19-7-3-1-4-8-19)17-25-24(30)26-20-11-12-28(18-20)21-9-5-2-6-10-21/h1-10,20,22H,11-18H2,(H2,25,26,30). The van der Waals surface area contributed by atoms with Crippen LogP contribution in [0.2, 0.25) is 0 Å². The summed E-state index contributed by atoms with van der Waals surface area (Å²) in [4.78, 5) is 29.8. The summed E-state index contributed by atoms with van der Waals surface area (Å²) in [5.41, 5.74) is 2.09. The van der Waals surface area contributed by atoms with E-state index >= 15 is 0 Å². The SMILES string of the molecule is O=C(NCC(C(=O)N1CCOCC1)c1ccccc1)NC1CCN(c2ccccc2)C1. The van der Waals surface area contributed by atoms with Crippen LogP contribution in [0.15, 0.2) is 60.7 Å². The second-order valence-corrected chi connectivity index (χ2v) is 8.02. The maximum absolute atomic E-state index is 13.1. The lowest BCUT2D eigenvalue weighted by molar-refractivity contribution is -0.136. The van der Waals surface area contributed by atoms with Crippen molar-refractivity contribution in [3.8, 4) is 0 Å². The molecule has 2 aromatic carbocycles. The maximum atomic E-state index is 13.1. The molecule has 2 N–H and O–H groups in total. The number of benzene rings is 2. The van der Waals surface area contributed by atoms with Crippen LogP contribution in [0.1, 0.15) is 17.9 Å². The third-order valence-electron chi connectivity index (χ3n) is 5.93. The Kier molecular flexibility index (Phi) is 7.04. The van der Waals surface area contributed by atoms with Crippen molar-refractivity contribution in [2.24, 2.45) is 0 Å². The van der Waals surface area contributed by atoms with Gasteiger partial charge in [0.25, 0.3) is 0 Å². The number of hydrogen-bond acceptors (Lipinski definition) is 4. The highest BCUT2D eigenvalue weighted by Crippen LogP contribution is 2.20. The predicted molar refractivity (Wildman–Crippen MR) is 120 cm³/mol. The Bertz CT molecular complexity index is 856. The van der Waals surface area contributed by atoms with Crippen molar-refractivity contribution in [1.29, 1.82) is 0 Å². The van der Waals surface area contributed by atoms with Crippen LogP contribution in [-0.4, -0.2) is 68.8 Å². The molecule has 3 amide bonds. The van der Waals surface area contributed by atoms with E-state index in [1.165, 1.54) is 5.69 Å². The number of urea groups is 1. The fourth-order valence-corrected chi connectivity index (χ4v) is 4.22. The lowest BCUT2D eigenvalue weighted by atomic mass is 9.97. The molecule has 0 bridgehead atoms. The highest BCUT2D eigenvalue weighted by atomic mass is 16.5. The van der Waals surface area contributed by atoms with Crippen molar-refractivity contribution < 1.29 is 14.3 Å². The first-order valence-corrected chi connectivity index (χ1v) is 11.0. The molecule has 2 atom stereocenters. The predicted octanol–water partition coefficient (Wildman–Crippen LogP) is 2.21. The van der Waals surface area contributed by atoms with Gasteiger partial charge in [-0.2, -0.15) is 0 Å². The minimum Gasteiger partial charge on any atom is -0.378 e. The van der Waals surface area contributed by atoms with Gasteiger partial charge in [-0.25, -0.2) is 4.79 Å². The van der Waals surface area contributed by atoms with Crippen molar-refractivity contribution >= 4 is 17.6 Å². The molecule has 0 aliphatic carbocycles. The number of hydrogen-bond donors (Lipinski definition) is 2. The normalized spacial score (nSPS) is 19.7. The molecule has 7 heteroatoms. The van der Waals surface area contributed by atoms with E-state index in [2.05, 4.69) is 27.7 Å². The van der Waals surface area contributed by atoms with Crippen LogP contribution in [0.25, 0.3) is 0 Å². The molecule has 2 aliphatic heterocycles. The Labute approximate surface area is 183 Å². The van der Waals surface area contributed by atoms with Crippen LogP contribution < -0.4 is 15.5 Å². The van der Waals surface area contributed by atoms with Crippen LogP contribution in [0.5, 0.6) is 0 Å². The average Bonchev–Trinajstić information content (AvgIpc) is 3.29. The molecule has 7 nitrogen and oxygen atoms in total. The average molecular weight is 423 g/mol. The second kappa shape index (κ2) is 10.3. The van der Waals surface area contributed by atoms with Gasteiger partial charge in [0.1, 0.15) is 0 Å². The number of nitrogens with one attached hydrogen (secondary N) is 2. The first-order chi connectivity index (χ1) is 15.2. The first kappa shape index (κ1) is 21.2. The van der Waals surface area contributed by atoms with E-state index in [0.29, 0.717) is 26.3 Å². The Hall–Kier alpha value is -3.06. The fourth-order valence-electron chi connectivity index (χ4n) is 4.22. The summed E-state index contributed by atoms with van der Waals surface area (Å²) in [5, 5.41) is 6.00. The Morgan fingerprint density at radius 2 is 1.65 bits per heavy atom. The highest BCUT2D eigenvalue weighted by molar-refractivity contribution is 5.85. The zero-order valence-corrected chi connectivity index (χ0v) is 17.7. The molecule has 0 saturated carbocycles. The lowest BCUT2D eigenvalue weighted by Crippen LogP contribution is -2.48. The lowest BCUT2D eigenvalue weighted by Gasteiger charge is -2.30. The van der Waals surface area contributed by atoms with E-state index in [1.807, 2.05) is 53.4 Å². The Morgan fingerprint density at radius 3 is 2.35 bits per heavy atom. The number of para-hydroxylation sites is 1. The van der Waals surface area contributed by atoms with Gasteiger partial charge in [0.15, 0.2) is 0 Å². The van der Waals surface area contributed by atoms with Crippen LogP contribution in [0.3, 0.4) is 0 Å². The molecule has 31 heavy (non-hydrogen) atoms. The van der Waals surface area contributed by atoms with Crippen LogP contribution in [-0.2, 0) is 9.53 Å². The van der Waals surface area contributed by atoms with Crippen molar-refractivity contribution in [2.45, 2.75) is 18.4 Å². The van der Waals surface area contributed by atoms with Crippen LogP contribution in [0, 0.1) is 0 Å². The van der Waals surface area contributed by atoms with Gasteiger partial charge in [-0.05, 0) is 24.1 Å². The van der Waals surface area contributed by atoms with Gasteiger partial charge >= 0.3 is 6.03 Å². The quantitative estimate of drug-likeness (QED) is 0.749. The molecule has 0 spiro atoms. The number of amides is 3. The molecule has 164 valence electrons. The number of rotatable bonds is 6. The number of ether oxygens (including phenoxy) is 1. The summed E-state index contributed by atoms with van der Waals surface area (Å²) in [7, 11) is 0. The van der Waals surface area contributed by atoms with Gasteiger partial charge in [0.05, 0.1) is 19.1 Å². The smallest absolute Gasteiger partial charge is 0.315 e. The molecule has 0 radical (unpaired) electrons. The second-order valence-electron chi connectivity index (χ2n) is 8.02. The maximum Gasteiger partial charge on any atom is 0.315 e. The molecule has 2 unspecified atom stereocenters. The number of morpholine rings is 1. The minimum atomic E-state index is -0.408. The van der Waals surface area contributed by atoms with Crippen molar-refractivity contribution in [3.63, 3.8) is 0 Å². The third kappa shape index (κ3) is 5.55. The molecule has 2 aliphatic rings. The van der Waals surface area contributed by atoms with Crippen molar-refractivity contribution in [3.05, 3.63) is 66.2 Å². The summed E-state index contributed by atoms with van der Waals surface area (Å²) in [5.74, 6) is -0.375. The summed E-state index contributed by atoms with van der Waals surface area (Å²) in [6.07, 6.45) is 0.900. The highest BCUT2D eigenvalue weighted by Gasteiger charge is 2.28. The van der Waals surface area contributed by atoms with Gasteiger partial charge in [-0.3, -0.25) is 4.79 Å². The number of nitrogens with zero attached hydrogens (tertiary/aromatic N) is 2. The van der Waals surface area contributed by atoms with E-state index in [9.17, 15) is 9.59 Å². The van der Waals surface area contributed by atoms with E-state index in [1.54, 1.807) is 0 Å². The molecule has 2 heterocycles. The zero-order chi connectivity index (χ0) is 21.5. The first-order valence-electron chi connectivity index (χ1n) is 11.0. The topological polar surface area (TPSA) is 73.9 Å². The van der Waals surface area contributed by atoms with E-state index < -0.39 is 5.92 Å². The van der Waals surface area contributed by atoms with Gasteiger partial charge < -0.3 is 25.2 Å². The Balaban J connectivity index is 1.32. The van der Waals surface area contributed by atoms with Gasteiger partial charge in [-0.1, -0.05) is 48.5 Å². The van der Waals surface area contributed by atoms with Gasteiger partial charge in [-0.15, -0.1) is 0 Å². The monoisotopic (exact) mass is 422 g/mol. The number of carbonyl (C=O) groups is 2. The molecular weight excluding hydrogens is 392 g/mol. The molecular formula is C24H30N4O3. The van der Waals surface area contributed by atoms with E-state index in [-0.39, 0.29) is 24.5 Å².